The number of esters is 1. The summed E-state index contributed by atoms with van der Waals surface area (Å²) in [6, 6.07) is 0. The summed E-state index contributed by atoms with van der Waals surface area (Å²) >= 11 is 6.14. The lowest BCUT2D eigenvalue weighted by molar-refractivity contribution is -0.143. The summed E-state index contributed by atoms with van der Waals surface area (Å²) < 4.78 is 4.90. The second-order valence-electron chi connectivity index (χ2n) is 6.28. The van der Waals surface area contributed by atoms with E-state index in [2.05, 4.69) is 6.92 Å². The van der Waals surface area contributed by atoms with Crippen molar-refractivity contribution in [1.29, 1.82) is 0 Å². The average Bonchev–Trinajstić information content (AvgIpc) is 2.48. The molecule has 0 aromatic carbocycles. The third-order valence-electron chi connectivity index (χ3n) is 4.06. The lowest BCUT2D eigenvalue weighted by Crippen LogP contribution is -2.11. The Balaban J connectivity index is 3.18. The molecule has 0 amide bonds. The molecular formula is C19H37ClO2. The van der Waals surface area contributed by atoms with Crippen LogP contribution in [-0.4, -0.2) is 18.0 Å². The Morgan fingerprint density at radius 1 is 0.818 bits per heavy atom. The van der Waals surface area contributed by atoms with Crippen LogP contribution in [0.1, 0.15) is 104 Å². The minimum Gasteiger partial charge on any atom is -0.466 e. The molecule has 0 heterocycles. The highest BCUT2D eigenvalue weighted by Gasteiger charge is 2.11. The molecule has 0 aliphatic carbocycles. The second kappa shape index (κ2) is 17.1. The fourth-order valence-electron chi connectivity index (χ4n) is 2.71. The van der Waals surface area contributed by atoms with Crippen LogP contribution in [0.15, 0.2) is 0 Å². The third-order valence-corrected chi connectivity index (χ3v) is 4.44. The molecule has 0 spiro atoms. The summed E-state index contributed by atoms with van der Waals surface area (Å²) in [7, 11) is 0. The van der Waals surface area contributed by atoms with E-state index in [1.165, 1.54) is 70.6 Å². The number of unbranched alkanes of at least 4 members (excludes halogenated alkanes) is 11. The van der Waals surface area contributed by atoms with E-state index in [0.29, 0.717) is 13.0 Å². The monoisotopic (exact) mass is 332 g/mol. The maximum absolute atomic E-state index is 11.3. The van der Waals surface area contributed by atoms with Crippen LogP contribution in [0.4, 0.5) is 0 Å². The first-order valence-electron chi connectivity index (χ1n) is 9.50. The molecule has 0 saturated heterocycles. The SMILES string of the molecule is CCCCCCCCCCCCCCC(Cl)CC(=O)OCC. The quantitative estimate of drug-likeness (QED) is 0.180. The molecule has 1 atom stereocenters. The number of halogens is 1. The number of alkyl halides is 1. The summed E-state index contributed by atoms with van der Waals surface area (Å²) in [4.78, 5) is 11.3. The molecule has 0 bridgehead atoms. The zero-order valence-electron chi connectivity index (χ0n) is 14.9. The van der Waals surface area contributed by atoms with Crippen molar-refractivity contribution in [2.45, 2.75) is 109 Å². The first kappa shape index (κ1) is 21.8. The van der Waals surface area contributed by atoms with Gasteiger partial charge in [-0.25, -0.2) is 0 Å². The van der Waals surface area contributed by atoms with E-state index < -0.39 is 0 Å². The first-order valence-corrected chi connectivity index (χ1v) is 9.94. The molecule has 0 aliphatic heterocycles. The van der Waals surface area contributed by atoms with Gasteiger partial charge in [0.15, 0.2) is 0 Å². The van der Waals surface area contributed by atoms with Crippen molar-refractivity contribution in [1.82, 2.24) is 0 Å². The normalized spacial score (nSPS) is 12.3. The minimum absolute atomic E-state index is 0.0535. The molecule has 22 heavy (non-hydrogen) atoms. The van der Waals surface area contributed by atoms with Crippen LogP contribution >= 0.6 is 11.6 Å². The van der Waals surface area contributed by atoms with E-state index in [9.17, 15) is 4.79 Å². The van der Waals surface area contributed by atoms with Gasteiger partial charge < -0.3 is 4.74 Å². The molecule has 0 aromatic heterocycles. The van der Waals surface area contributed by atoms with Crippen molar-refractivity contribution in [3.05, 3.63) is 0 Å². The number of hydrogen-bond acceptors (Lipinski definition) is 2. The van der Waals surface area contributed by atoms with E-state index >= 15 is 0 Å². The van der Waals surface area contributed by atoms with E-state index in [1.807, 2.05) is 6.92 Å². The molecule has 0 aliphatic rings. The highest BCUT2D eigenvalue weighted by molar-refractivity contribution is 6.21. The fourth-order valence-corrected chi connectivity index (χ4v) is 2.99. The van der Waals surface area contributed by atoms with Crippen molar-refractivity contribution in [2.75, 3.05) is 6.61 Å². The summed E-state index contributed by atoms with van der Waals surface area (Å²) in [6.07, 6.45) is 17.5. The van der Waals surface area contributed by atoms with Gasteiger partial charge in [-0.15, -0.1) is 11.6 Å². The van der Waals surface area contributed by atoms with E-state index in [1.54, 1.807) is 0 Å². The van der Waals surface area contributed by atoms with Crippen LogP contribution in [-0.2, 0) is 9.53 Å². The van der Waals surface area contributed by atoms with Crippen LogP contribution in [0.3, 0.4) is 0 Å². The summed E-state index contributed by atoms with van der Waals surface area (Å²) in [6.45, 7) is 4.54. The topological polar surface area (TPSA) is 26.3 Å². The highest BCUT2D eigenvalue weighted by Crippen LogP contribution is 2.16. The van der Waals surface area contributed by atoms with Crippen molar-refractivity contribution in [3.8, 4) is 0 Å². The zero-order chi connectivity index (χ0) is 16.5. The number of carbonyl (C=O) groups excluding carboxylic acids is 1. The van der Waals surface area contributed by atoms with Gasteiger partial charge in [0.05, 0.1) is 13.0 Å². The number of hydrogen-bond donors (Lipinski definition) is 0. The number of rotatable bonds is 16. The van der Waals surface area contributed by atoms with E-state index in [4.69, 9.17) is 16.3 Å². The van der Waals surface area contributed by atoms with Crippen molar-refractivity contribution >= 4 is 17.6 Å². The molecular weight excluding hydrogens is 296 g/mol. The van der Waals surface area contributed by atoms with Gasteiger partial charge in [-0.3, -0.25) is 4.79 Å². The third kappa shape index (κ3) is 16.1. The van der Waals surface area contributed by atoms with Gasteiger partial charge in [0.25, 0.3) is 0 Å². The Labute approximate surface area is 143 Å². The Kier molecular flexibility index (Phi) is 16.9. The first-order chi connectivity index (χ1) is 10.7. The van der Waals surface area contributed by atoms with Crippen molar-refractivity contribution < 1.29 is 9.53 Å². The van der Waals surface area contributed by atoms with Gasteiger partial charge >= 0.3 is 5.97 Å². The molecule has 1 unspecified atom stereocenters. The molecule has 132 valence electrons. The van der Waals surface area contributed by atoms with Gasteiger partial charge in [0.2, 0.25) is 0 Å². The van der Waals surface area contributed by atoms with Gasteiger partial charge in [0, 0.05) is 5.38 Å². The van der Waals surface area contributed by atoms with E-state index in [0.717, 1.165) is 12.8 Å². The molecule has 2 nitrogen and oxygen atoms in total. The molecule has 0 saturated carbocycles. The number of carbonyl (C=O) groups is 1. The van der Waals surface area contributed by atoms with Crippen LogP contribution in [0.25, 0.3) is 0 Å². The lowest BCUT2D eigenvalue weighted by Gasteiger charge is -2.08. The van der Waals surface area contributed by atoms with Crippen molar-refractivity contribution in [2.24, 2.45) is 0 Å². The maximum Gasteiger partial charge on any atom is 0.307 e. The van der Waals surface area contributed by atoms with Crippen LogP contribution < -0.4 is 0 Å². The van der Waals surface area contributed by atoms with Crippen LogP contribution in [0.2, 0.25) is 0 Å². The summed E-state index contributed by atoms with van der Waals surface area (Å²) in [5.41, 5.74) is 0. The van der Waals surface area contributed by atoms with Gasteiger partial charge in [-0.1, -0.05) is 84.0 Å². The molecule has 0 N–H and O–H groups in total. The van der Waals surface area contributed by atoms with Gasteiger partial charge in [-0.2, -0.15) is 0 Å². The number of ether oxygens (including phenoxy) is 1. The Hall–Kier alpha value is -0.240. The predicted octanol–water partition coefficient (Wildman–Crippen LogP) is 6.64. The average molecular weight is 333 g/mol. The Morgan fingerprint density at radius 3 is 1.73 bits per heavy atom. The van der Waals surface area contributed by atoms with Crippen LogP contribution in [0.5, 0.6) is 0 Å². The summed E-state index contributed by atoms with van der Waals surface area (Å²) in [5.74, 6) is -0.165. The zero-order valence-corrected chi connectivity index (χ0v) is 15.6. The smallest absolute Gasteiger partial charge is 0.307 e. The molecule has 0 aromatic rings. The highest BCUT2D eigenvalue weighted by atomic mass is 35.5. The molecule has 0 fully saturated rings. The summed E-state index contributed by atoms with van der Waals surface area (Å²) in [5, 5.41) is -0.0535. The molecule has 0 radical (unpaired) electrons. The minimum atomic E-state index is -0.165. The Bertz CT molecular complexity index is 244. The molecule has 3 heteroatoms. The predicted molar refractivity (Wildman–Crippen MR) is 96.6 cm³/mol. The Morgan fingerprint density at radius 2 is 1.27 bits per heavy atom. The van der Waals surface area contributed by atoms with E-state index in [-0.39, 0.29) is 11.3 Å². The standard InChI is InChI=1S/C19H37ClO2/c1-3-5-6-7-8-9-10-11-12-13-14-15-16-18(20)17-19(21)22-4-2/h18H,3-17H2,1-2H3. The fraction of sp³-hybridized carbons (Fsp3) is 0.947. The van der Waals surface area contributed by atoms with Gasteiger partial charge in [0.1, 0.15) is 0 Å². The largest absolute Gasteiger partial charge is 0.466 e. The molecule has 0 rings (SSSR count). The van der Waals surface area contributed by atoms with Gasteiger partial charge in [-0.05, 0) is 13.3 Å². The maximum atomic E-state index is 11.3. The van der Waals surface area contributed by atoms with Crippen LogP contribution in [0, 0.1) is 0 Å². The lowest BCUT2D eigenvalue weighted by atomic mass is 10.0. The van der Waals surface area contributed by atoms with Crippen molar-refractivity contribution in [3.63, 3.8) is 0 Å². The second-order valence-corrected chi connectivity index (χ2v) is 6.90.